The Morgan fingerprint density at radius 2 is 2.09 bits per heavy atom. The number of pyridine rings is 1. The van der Waals surface area contributed by atoms with Gasteiger partial charge in [0.05, 0.1) is 9.92 Å². The fourth-order valence-corrected chi connectivity index (χ4v) is 3.14. The zero-order valence-electron chi connectivity index (χ0n) is 11.6. The fraction of sp³-hybridized carbons (Fsp3) is 0.143. The minimum atomic E-state index is -3.39. The number of carbonyl (C=O) groups excluding carboxylic acids is 1. The van der Waals surface area contributed by atoms with Crippen molar-refractivity contribution in [1.82, 2.24) is 10.3 Å². The molecule has 1 aromatic carbocycles. The maximum atomic E-state index is 11.9. The van der Waals surface area contributed by atoms with Crippen LogP contribution in [0.4, 0.5) is 0 Å². The van der Waals surface area contributed by atoms with Crippen LogP contribution in [0.25, 0.3) is 0 Å². The molecule has 1 heterocycles. The van der Waals surface area contributed by atoms with E-state index < -0.39 is 15.7 Å². The third kappa shape index (κ3) is 3.75. The Labute approximate surface area is 132 Å². The first-order valence-electron chi connectivity index (χ1n) is 6.19. The molecule has 0 radical (unpaired) electrons. The molecular weight excluding hydrogens is 328 g/mol. The molecular formula is C14H13ClN2O4S. The van der Waals surface area contributed by atoms with Gasteiger partial charge in [0.25, 0.3) is 5.91 Å². The minimum Gasteiger partial charge on any atom is -0.505 e. The molecule has 1 aromatic heterocycles. The van der Waals surface area contributed by atoms with E-state index >= 15 is 0 Å². The lowest BCUT2D eigenvalue weighted by Gasteiger charge is -2.08. The number of aromatic nitrogens is 1. The maximum absolute atomic E-state index is 11.9. The van der Waals surface area contributed by atoms with Crippen LogP contribution >= 0.6 is 11.6 Å². The van der Waals surface area contributed by atoms with Crippen molar-refractivity contribution in [2.24, 2.45) is 0 Å². The molecule has 2 aromatic rings. The normalized spacial score (nSPS) is 11.2. The topological polar surface area (TPSA) is 96.4 Å². The van der Waals surface area contributed by atoms with Crippen LogP contribution in [0.2, 0.25) is 5.02 Å². The van der Waals surface area contributed by atoms with Crippen LogP contribution in [0.15, 0.2) is 41.4 Å². The average molecular weight is 341 g/mol. The number of halogens is 1. The van der Waals surface area contributed by atoms with Crippen LogP contribution in [0.3, 0.4) is 0 Å². The number of hydrogen-bond donors (Lipinski definition) is 2. The van der Waals surface area contributed by atoms with Gasteiger partial charge in [-0.15, -0.1) is 0 Å². The molecule has 0 aliphatic rings. The Kier molecular flexibility index (Phi) is 4.68. The van der Waals surface area contributed by atoms with E-state index in [-0.39, 0.29) is 27.9 Å². The maximum Gasteiger partial charge on any atom is 0.273 e. The highest BCUT2D eigenvalue weighted by Crippen LogP contribution is 2.22. The number of aromatic hydroxyl groups is 1. The summed E-state index contributed by atoms with van der Waals surface area (Å²) >= 11 is 5.93. The van der Waals surface area contributed by atoms with Gasteiger partial charge in [0.2, 0.25) is 0 Å². The molecule has 2 rings (SSSR count). The summed E-state index contributed by atoms with van der Waals surface area (Å²) in [6, 6.07) is 7.28. The number of benzene rings is 1. The molecule has 116 valence electrons. The summed E-state index contributed by atoms with van der Waals surface area (Å²) in [6.45, 7) is 0.124. The lowest BCUT2D eigenvalue weighted by Crippen LogP contribution is -2.23. The van der Waals surface area contributed by atoms with Crippen molar-refractivity contribution in [3.05, 3.63) is 52.8 Å². The van der Waals surface area contributed by atoms with E-state index in [1.807, 2.05) is 0 Å². The van der Waals surface area contributed by atoms with E-state index in [1.165, 1.54) is 30.5 Å². The van der Waals surface area contributed by atoms with Crippen molar-refractivity contribution >= 4 is 27.3 Å². The van der Waals surface area contributed by atoms with Gasteiger partial charge in [0.15, 0.2) is 15.5 Å². The van der Waals surface area contributed by atoms with Gasteiger partial charge < -0.3 is 10.4 Å². The number of nitrogens with one attached hydrogen (secondary N) is 1. The van der Waals surface area contributed by atoms with Gasteiger partial charge in [-0.3, -0.25) is 4.79 Å². The van der Waals surface area contributed by atoms with Crippen molar-refractivity contribution in [2.45, 2.75) is 11.4 Å². The highest BCUT2D eigenvalue weighted by atomic mass is 35.5. The molecule has 0 bridgehead atoms. The third-order valence-corrected chi connectivity index (χ3v) is 4.43. The van der Waals surface area contributed by atoms with Crippen molar-refractivity contribution in [2.75, 3.05) is 6.26 Å². The first kappa shape index (κ1) is 16.3. The zero-order chi connectivity index (χ0) is 16.3. The average Bonchev–Trinajstić information content (AvgIpc) is 2.44. The number of amides is 1. The number of carbonyl (C=O) groups is 1. The largest absolute Gasteiger partial charge is 0.505 e. The predicted molar refractivity (Wildman–Crippen MR) is 81.6 cm³/mol. The Bertz CT molecular complexity index is 821. The third-order valence-electron chi connectivity index (χ3n) is 2.85. The van der Waals surface area contributed by atoms with Crippen LogP contribution in [0.1, 0.15) is 16.1 Å². The van der Waals surface area contributed by atoms with Crippen molar-refractivity contribution in [3.63, 3.8) is 0 Å². The number of rotatable bonds is 4. The first-order valence-corrected chi connectivity index (χ1v) is 8.46. The molecule has 0 saturated heterocycles. The fourth-order valence-electron chi connectivity index (χ4n) is 1.79. The molecule has 0 saturated carbocycles. The second-order valence-corrected chi connectivity index (χ2v) is 6.98. The van der Waals surface area contributed by atoms with Crippen molar-refractivity contribution in [3.8, 4) is 5.75 Å². The highest BCUT2D eigenvalue weighted by Gasteiger charge is 2.14. The summed E-state index contributed by atoms with van der Waals surface area (Å²) in [5, 5.41) is 12.2. The second-order valence-electron chi connectivity index (χ2n) is 4.59. The molecule has 1 amide bonds. The van der Waals surface area contributed by atoms with Crippen LogP contribution in [0.5, 0.6) is 5.75 Å². The van der Waals surface area contributed by atoms with Crippen LogP contribution in [-0.2, 0) is 16.4 Å². The molecule has 0 spiro atoms. The lowest BCUT2D eigenvalue weighted by atomic mass is 10.2. The minimum absolute atomic E-state index is 0.0339. The van der Waals surface area contributed by atoms with E-state index in [9.17, 15) is 18.3 Å². The molecule has 0 unspecified atom stereocenters. The summed E-state index contributed by atoms with van der Waals surface area (Å²) in [6.07, 6.45) is 2.46. The number of hydrogen-bond acceptors (Lipinski definition) is 5. The van der Waals surface area contributed by atoms with Gasteiger partial charge in [-0.05, 0) is 29.8 Å². The molecule has 2 N–H and O–H groups in total. The van der Waals surface area contributed by atoms with Gasteiger partial charge >= 0.3 is 0 Å². The molecule has 0 aliphatic carbocycles. The molecule has 6 nitrogen and oxygen atoms in total. The quantitative estimate of drug-likeness (QED) is 0.884. The predicted octanol–water partition coefficient (Wildman–Crippen LogP) is 1.77. The van der Waals surface area contributed by atoms with Gasteiger partial charge in [-0.2, -0.15) is 0 Å². The Balaban J connectivity index is 2.11. The summed E-state index contributed by atoms with van der Waals surface area (Å²) in [4.78, 5) is 15.7. The van der Waals surface area contributed by atoms with E-state index in [0.29, 0.717) is 5.56 Å². The summed E-state index contributed by atoms with van der Waals surface area (Å²) < 4.78 is 22.9. The van der Waals surface area contributed by atoms with Gasteiger partial charge in [-0.25, -0.2) is 13.4 Å². The van der Waals surface area contributed by atoms with Crippen LogP contribution in [-0.4, -0.2) is 30.7 Å². The van der Waals surface area contributed by atoms with Crippen molar-refractivity contribution in [1.29, 1.82) is 0 Å². The SMILES string of the molecule is CS(=O)(=O)c1ccc(CNC(=O)c2ncccc2O)cc1Cl. The summed E-state index contributed by atoms with van der Waals surface area (Å²) in [7, 11) is -3.39. The Hall–Kier alpha value is -2.12. The molecule has 0 atom stereocenters. The smallest absolute Gasteiger partial charge is 0.273 e. The standard InChI is InChI=1S/C14H13ClN2O4S/c1-22(20,21)12-5-4-9(7-10(12)15)8-17-14(19)13-11(18)3-2-6-16-13/h2-7,18H,8H2,1H3,(H,17,19). The van der Waals surface area contributed by atoms with Gasteiger partial charge in [-0.1, -0.05) is 17.7 Å². The van der Waals surface area contributed by atoms with E-state index in [2.05, 4.69) is 10.3 Å². The Morgan fingerprint density at radius 3 is 2.68 bits per heavy atom. The zero-order valence-corrected chi connectivity index (χ0v) is 13.1. The molecule has 22 heavy (non-hydrogen) atoms. The summed E-state index contributed by atoms with van der Waals surface area (Å²) in [5.74, 6) is -0.758. The molecule has 8 heteroatoms. The second kappa shape index (κ2) is 6.33. The van der Waals surface area contributed by atoms with E-state index in [4.69, 9.17) is 11.6 Å². The highest BCUT2D eigenvalue weighted by molar-refractivity contribution is 7.90. The van der Waals surface area contributed by atoms with Gasteiger partial charge in [0, 0.05) is 19.0 Å². The Morgan fingerprint density at radius 1 is 1.36 bits per heavy atom. The van der Waals surface area contributed by atoms with Crippen LogP contribution < -0.4 is 5.32 Å². The number of nitrogens with zero attached hydrogens (tertiary/aromatic N) is 1. The first-order chi connectivity index (χ1) is 10.3. The lowest BCUT2D eigenvalue weighted by molar-refractivity contribution is 0.0943. The molecule has 0 aliphatic heterocycles. The monoisotopic (exact) mass is 340 g/mol. The van der Waals surface area contributed by atoms with Gasteiger partial charge in [0.1, 0.15) is 5.75 Å². The van der Waals surface area contributed by atoms with Crippen molar-refractivity contribution < 1.29 is 18.3 Å². The van der Waals surface area contributed by atoms with Crippen LogP contribution in [0, 0.1) is 0 Å². The molecule has 0 fully saturated rings. The number of sulfone groups is 1. The van der Waals surface area contributed by atoms with E-state index in [0.717, 1.165) is 6.26 Å². The summed E-state index contributed by atoms with van der Waals surface area (Å²) in [5.41, 5.74) is 0.544. The van der Waals surface area contributed by atoms with E-state index in [1.54, 1.807) is 6.07 Å².